The van der Waals surface area contributed by atoms with Gasteiger partial charge >= 0.3 is 6.18 Å². The predicted octanol–water partition coefficient (Wildman–Crippen LogP) is 0.639. The molecular formula is C8H11F3N4O2S2. The Labute approximate surface area is 112 Å². The molecule has 1 aromatic heterocycles. The van der Waals surface area contributed by atoms with E-state index in [0.29, 0.717) is 24.6 Å². The highest BCUT2D eigenvalue weighted by Gasteiger charge is 2.37. The van der Waals surface area contributed by atoms with Gasteiger partial charge in [0.2, 0.25) is 21.0 Å². The van der Waals surface area contributed by atoms with Gasteiger partial charge in [0.15, 0.2) is 0 Å². The summed E-state index contributed by atoms with van der Waals surface area (Å²) in [5.41, 5.74) is 0. The zero-order chi connectivity index (χ0) is 14.3. The maximum absolute atomic E-state index is 12.4. The van der Waals surface area contributed by atoms with Crippen LogP contribution in [-0.2, 0) is 16.2 Å². The van der Waals surface area contributed by atoms with Gasteiger partial charge in [-0.3, -0.25) is 0 Å². The summed E-state index contributed by atoms with van der Waals surface area (Å²) < 4.78 is 64.2. The summed E-state index contributed by atoms with van der Waals surface area (Å²) in [7, 11) is -3.26. The fraction of sp³-hybridized carbons (Fsp3) is 0.750. The number of alkyl halides is 3. The molecule has 1 fully saturated rings. The average molecular weight is 316 g/mol. The van der Waals surface area contributed by atoms with Crippen LogP contribution in [0.4, 0.5) is 18.3 Å². The van der Waals surface area contributed by atoms with Gasteiger partial charge in [-0.2, -0.15) is 26.8 Å². The first kappa shape index (κ1) is 14.5. The summed E-state index contributed by atoms with van der Waals surface area (Å²) in [6.07, 6.45) is -3.45. The van der Waals surface area contributed by atoms with Gasteiger partial charge in [0.05, 0.1) is 6.26 Å². The molecule has 1 saturated heterocycles. The second-order valence-electron chi connectivity index (χ2n) is 4.05. The minimum absolute atomic E-state index is 0.167. The first-order valence-corrected chi connectivity index (χ1v) is 7.91. The van der Waals surface area contributed by atoms with E-state index in [1.165, 1.54) is 4.31 Å². The molecule has 6 nitrogen and oxygen atoms in total. The fourth-order valence-corrected chi connectivity index (χ4v) is 3.23. The molecule has 19 heavy (non-hydrogen) atoms. The fourth-order valence-electron chi connectivity index (χ4n) is 1.67. The molecule has 0 N–H and O–H groups in total. The van der Waals surface area contributed by atoms with E-state index in [4.69, 9.17) is 0 Å². The summed E-state index contributed by atoms with van der Waals surface area (Å²) in [5.74, 6) is -1.15. The van der Waals surface area contributed by atoms with E-state index < -0.39 is 22.0 Å². The van der Waals surface area contributed by atoms with E-state index in [2.05, 4.69) is 9.36 Å². The van der Waals surface area contributed by atoms with Gasteiger partial charge in [0, 0.05) is 37.7 Å². The van der Waals surface area contributed by atoms with Crippen molar-refractivity contribution in [3.05, 3.63) is 5.82 Å². The monoisotopic (exact) mass is 316 g/mol. The van der Waals surface area contributed by atoms with E-state index in [1.54, 1.807) is 4.90 Å². The SMILES string of the molecule is CS(=O)(=O)N1CCN(c2nc(C(F)(F)F)ns2)CC1. The van der Waals surface area contributed by atoms with Crippen LogP contribution in [0, 0.1) is 0 Å². The normalized spacial score (nSPS) is 18.8. The summed E-state index contributed by atoms with van der Waals surface area (Å²) >= 11 is 0.669. The van der Waals surface area contributed by atoms with E-state index in [1.807, 2.05) is 0 Å². The maximum Gasteiger partial charge on any atom is 0.452 e. The molecule has 1 aromatic rings. The van der Waals surface area contributed by atoms with E-state index in [9.17, 15) is 21.6 Å². The molecule has 2 rings (SSSR count). The number of anilines is 1. The molecule has 0 unspecified atom stereocenters. The molecule has 0 aromatic carbocycles. The van der Waals surface area contributed by atoms with Crippen molar-refractivity contribution in [2.45, 2.75) is 6.18 Å². The lowest BCUT2D eigenvalue weighted by molar-refractivity contribution is -0.144. The smallest absolute Gasteiger partial charge is 0.344 e. The summed E-state index contributed by atoms with van der Waals surface area (Å²) in [6.45, 7) is 1.08. The molecule has 0 aliphatic carbocycles. The van der Waals surface area contributed by atoms with Crippen molar-refractivity contribution in [2.75, 3.05) is 37.3 Å². The lowest BCUT2D eigenvalue weighted by Crippen LogP contribution is -2.48. The molecule has 0 atom stereocenters. The van der Waals surface area contributed by atoms with Gasteiger partial charge in [-0.15, -0.1) is 0 Å². The lowest BCUT2D eigenvalue weighted by Gasteiger charge is -2.32. The molecule has 0 spiro atoms. The van der Waals surface area contributed by atoms with Crippen LogP contribution in [0.2, 0.25) is 0 Å². The van der Waals surface area contributed by atoms with E-state index in [0.717, 1.165) is 6.26 Å². The summed E-state index contributed by atoms with van der Waals surface area (Å²) in [4.78, 5) is 5.04. The minimum atomic E-state index is -4.55. The number of halogens is 3. The zero-order valence-electron chi connectivity index (χ0n) is 9.88. The second-order valence-corrected chi connectivity index (χ2v) is 6.76. The minimum Gasteiger partial charge on any atom is -0.344 e. The first-order chi connectivity index (χ1) is 8.68. The van der Waals surface area contributed by atoms with Crippen LogP contribution in [0.25, 0.3) is 0 Å². The number of nitrogens with zero attached hydrogens (tertiary/aromatic N) is 4. The van der Waals surface area contributed by atoms with Crippen molar-refractivity contribution in [2.24, 2.45) is 0 Å². The number of hydrogen-bond donors (Lipinski definition) is 0. The highest BCUT2D eigenvalue weighted by atomic mass is 32.2. The summed E-state index contributed by atoms with van der Waals surface area (Å²) in [6, 6.07) is 0. The third-order valence-corrected chi connectivity index (χ3v) is 4.73. The molecule has 1 aliphatic heterocycles. The Morgan fingerprint density at radius 3 is 2.21 bits per heavy atom. The standard InChI is InChI=1S/C8H11F3N4O2S2/c1-19(16,17)15-4-2-14(3-5-15)7-12-6(13-18-7)8(9,10)11/h2-5H2,1H3. The van der Waals surface area contributed by atoms with Crippen LogP contribution in [0.5, 0.6) is 0 Å². The Morgan fingerprint density at radius 2 is 1.79 bits per heavy atom. The van der Waals surface area contributed by atoms with Crippen molar-refractivity contribution < 1.29 is 21.6 Å². The number of hydrogen-bond acceptors (Lipinski definition) is 6. The van der Waals surface area contributed by atoms with Crippen LogP contribution in [0.15, 0.2) is 0 Å². The Balaban J connectivity index is 2.04. The Morgan fingerprint density at radius 1 is 1.21 bits per heavy atom. The van der Waals surface area contributed by atoms with Crippen LogP contribution in [0.3, 0.4) is 0 Å². The molecule has 2 heterocycles. The second kappa shape index (κ2) is 4.87. The third kappa shape index (κ3) is 3.34. The predicted molar refractivity (Wildman–Crippen MR) is 63.5 cm³/mol. The topological polar surface area (TPSA) is 66.4 Å². The van der Waals surface area contributed by atoms with Crippen molar-refractivity contribution >= 4 is 26.7 Å². The van der Waals surface area contributed by atoms with E-state index >= 15 is 0 Å². The highest BCUT2D eigenvalue weighted by molar-refractivity contribution is 7.88. The highest BCUT2D eigenvalue weighted by Crippen LogP contribution is 2.30. The molecule has 11 heteroatoms. The number of aromatic nitrogens is 2. The van der Waals surface area contributed by atoms with E-state index in [-0.39, 0.29) is 18.2 Å². The van der Waals surface area contributed by atoms with Crippen LogP contribution >= 0.6 is 11.5 Å². The van der Waals surface area contributed by atoms with Crippen molar-refractivity contribution in [1.82, 2.24) is 13.7 Å². The Hall–Kier alpha value is -0.940. The molecule has 108 valence electrons. The van der Waals surface area contributed by atoms with Crippen molar-refractivity contribution in [1.29, 1.82) is 0 Å². The molecule has 0 amide bonds. The first-order valence-electron chi connectivity index (χ1n) is 5.29. The van der Waals surface area contributed by atoms with Gasteiger partial charge in [-0.05, 0) is 0 Å². The van der Waals surface area contributed by atoms with Gasteiger partial charge < -0.3 is 4.90 Å². The number of piperazine rings is 1. The maximum atomic E-state index is 12.4. The number of sulfonamides is 1. The van der Waals surface area contributed by atoms with Crippen LogP contribution in [-0.4, -0.2) is 54.5 Å². The van der Waals surface area contributed by atoms with Gasteiger partial charge in [0.1, 0.15) is 0 Å². The molecular weight excluding hydrogens is 305 g/mol. The van der Waals surface area contributed by atoms with Gasteiger partial charge in [0.25, 0.3) is 0 Å². The molecule has 1 aliphatic rings. The van der Waals surface area contributed by atoms with Gasteiger partial charge in [-0.1, -0.05) is 0 Å². The Bertz CT molecular complexity index is 549. The van der Waals surface area contributed by atoms with Crippen LogP contribution in [0.1, 0.15) is 5.82 Å². The molecule has 0 saturated carbocycles. The number of rotatable bonds is 2. The lowest BCUT2D eigenvalue weighted by atomic mass is 10.4. The quantitative estimate of drug-likeness (QED) is 0.801. The van der Waals surface area contributed by atoms with Crippen molar-refractivity contribution in [3.8, 4) is 0 Å². The summed E-state index contributed by atoms with van der Waals surface area (Å²) in [5, 5.41) is 0.167. The molecule has 0 radical (unpaired) electrons. The molecule has 0 bridgehead atoms. The zero-order valence-corrected chi connectivity index (χ0v) is 11.5. The average Bonchev–Trinajstić information content (AvgIpc) is 2.77. The van der Waals surface area contributed by atoms with Gasteiger partial charge in [-0.25, -0.2) is 8.42 Å². The Kier molecular flexibility index (Phi) is 3.71. The third-order valence-electron chi connectivity index (χ3n) is 2.65. The largest absolute Gasteiger partial charge is 0.452 e. The van der Waals surface area contributed by atoms with Crippen LogP contribution < -0.4 is 4.90 Å². The van der Waals surface area contributed by atoms with Crippen molar-refractivity contribution in [3.63, 3.8) is 0 Å².